The van der Waals surface area contributed by atoms with E-state index in [-0.39, 0.29) is 0 Å². The van der Waals surface area contributed by atoms with Gasteiger partial charge in [-0.3, -0.25) is 0 Å². The lowest BCUT2D eigenvalue weighted by atomic mass is 9.83. The number of nitrogens with zero attached hydrogens (tertiary/aromatic N) is 2. The maximum atomic E-state index is 6.60. The van der Waals surface area contributed by atoms with Crippen LogP contribution in [-0.2, 0) is 13.1 Å². The van der Waals surface area contributed by atoms with Gasteiger partial charge < -0.3 is 9.47 Å². The Balaban J connectivity index is 1.14. The lowest BCUT2D eigenvalue weighted by molar-refractivity contribution is -0.697. The molecule has 4 aromatic rings. The molecular formula is C43H54N2O2+2. The highest BCUT2D eigenvalue weighted by molar-refractivity contribution is 6.09. The van der Waals surface area contributed by atoms with Crippen LogP contribution in [0.15, 0.2) is 85.5 Å². The zero-order valence-corrected chi connectivity index (χ0v) is 28.8. The SMILES string of the molecule is CCCCCCCCCCCCCCCC[n+]1ccc2c(c1)Oc1ccccc1/C2=C1/c2ccccc2Oc2c[n+](CCC)ccc21. The molecule has 4 heteroatoms. The fraction of sp³-hybridized carbons (Fsp3) is 0.442. The van der Waals surface area contributed by atoms with E-state index in [1.165, 1.54) is 101 Å². The number of aromatic nitrogens is 2. The van der Waals surface area contributed by atoms with Crippen molar-refractivity contribution < 1.29 is 18.6 Å². The number of unbranched alkanes of at least 4 members (excludes halogenated alkanes) is 13. The summed E-state index contributed by atoms with van der Waals surface area (Å²) in [7, 11) is 0. The average molecular weight is 631 g/mol. The molecule has 0 aliphatic carbocycles. The van der Waals surface area contributed by atoms with Crippen LogP contribution in [0.4, 0.5) is 0 Å². The van der Waals surface area contributed by atoms with Crippen LogP contribution in [0.25, 0.3) is 11.1 Å². The van der Waals surface area contributed by atoms with Gasteiger partial charge in [-0.15, -0.1) is 0 Å². The number of ether oxygens (including phenoxy) is 2. The van der Waals surface area contributed by atoms with Crippen molar-refractivity contribution in [1.29, 1.82) is 0 Å². The first-order valence-corrected chi connectivity index (χ1v) is 18.6. The van der Waals surface area contributed by atoms with E-state index in [1.54, 1.807) is 0 Å². The zero-order valence-electron chi connectivity index (χ0n) is 28.8. The lowest BCUT2D eigenvalue weighted by Gasteiger charge is -2.28. The third-order valence-electron chi connectivity index (χ3n) is 9.76. The predicted molar refractivity (Wildman–Crippen MR) is 192 cm³/mol. The second kappa shape index (κ2) is 16.8. The largest absolute Gasteiger partial charge is 0.450 e. The molecular weight excluding hydrogens is 576 g/mol. The summed E-state index contributed by atoms with van der Waals surface area (Å²) in [6, 6.07) is 21.4. The van der Waals surface area contributed by atoms with Crippen molar-refractivity contribution in [1.82, 2.24) is 0 Å². The van der Waals surface area contributed by atoms with E-state index >= 15 is 0 Å². The molecule has 4 nitrogen and oxygen atoms in total. The topological polar surface area (TPSA) is 26.2 Å². The normalized spacial score (nSPS) is 14.4. The van der Waals surface area contributed by atoms with Crippen molar-refractivity contribution >= 4 is 11.1 Å². The van der Waals surface area contributed by atoms with Gasteiger partial charge in [0.05, 0.1) is 0 Å². The van der Waals surface area contributed by atoms with Crippen LogP contribution in [0.5, 0.6) is 23.0 Å². The molecule has 47 heavy (non-hydrogen) atoms. The second-order valence-corrected chi connectivity index (χ2v) is 13.5. The molecule has 6 rings (SSSR count). The summed E-state index contributed by atoms with van der Waals surface area (Å²) in [5, 5.41) is 0. The number of benzene rings is 2. The molecule has 0 amide bonds. The van der Waals surface area contributed by atoms with E-state index in [2.05, 4.69) is 108 Å². The maximum absolute atomic E-state index is 6.60. The standard InChI is InChI=1S/C43H54N2O2/c1-3-5-6-7-8-9-10-11-12-13-14-15-16-21-29-45-31-27-37-41(33-45)47-39-25-20-18-23-35(39)43(37)42-34-22-17-19-24-38(34)46-40-32-44(28-4-2)30-26-36(40)42/h17-20,22-27,30-33H,3-16,21,28-29H2,1-2H3/q+2/b43-42+. The molecule has 0 radical (unpaired) electrons. The van der Waals surface area contributed by atoms with Gasteiger partial charge in [-0.2, -0.15) is 0 Å². The average Bonchev–Trinajstić information content (AvgIpc) is 3.10. The summed E-state index contributed by atoms with van der Waals surface area (Å²) in [5.74, 6) is 3.61. The highest BCUT2D eigenvalue weighted by atomic mass is 16.5. The molecule has 2 aromatic carbocycles. The number of rotatable bonds is 17. The minimum absolute atomic E-state index is 0.895. The van der Waals surface area contributed by atoms with Crippen LogP contribution in [0.1, 0.15) is 132 Å². The van der Waals surface area contributed by atoms with Gasteiger partial charge in [0.2, 0.25) is 12.4 Å². The van der Waals surface area contributed by atoms with E-state index in [4.69, 9.17) is 9.47 Å². The number of hydrogen-bond donors (Lipinski definition) is 0. The molecule has 0 unspecified atom stereocenters. The smallest absolute Gasteiger partial charge is 0.212 e. The van der Waals surface area contributed by atoms with Gasteiger partial charge in [0.15, 0.2) is 23.9 Å². The molecule has 2 aliphatic rings. The van der Waals surface area contributed by atoms with E-state index in [0.717, 1.165) is 64.8 Å². The molecule has 4 heterocycles. The van der Waals surface area contributed by atoms with Crippen LogP contribution in [0, 0.1) is 0 Å². The van der Waals surface area contributed by atoms with E-state index < -0.39 is 0 Å². The minimum atomic E-state index is 0.895. The first kappa shape index (κ1) is 33.0. The van der Waals surface area contributed by atoms with Crippen LogP contribution in [0.2, 0.25) is 0 Å². The van der Waals surface area contributed by atoms with Crippen LogP contribution < -0.4 is 18.6 Å². The van der Waals surface area contributed by atoms with Crippen molar-refractivity contribution in [2.45, 2.75) is 123 Å². The molecule has 2 aromatic heterocycles. The Bertz CT molecular complexity index is 1660. The number of hydrogen-bond acceptors (Lipinski definition) is 2. The van der Waals surface area contributed by atoms with E-state index in [0.29, 0.717) is 0 Å². The molecule has 0 saturated heterocycles. The van der Waals surface area contributed by atoms with Crippen LogP contribution in [0.3, 0.4) is 0 Å². The Morgan fingerprint density at radius 1 is 0.404 bits per heavy atom. The Hall–Kier alpha value is -3.92. The molecule has 0 bridgehead atoms. The van der Waals surface area contributed by atoms with Gasteiger partial charge >= 0.3 is 0 Å². The van der Waals surface area contributed by atoms with E-state index in [1.807, 2.05) is 0 Å². The molecule has 0 N–H and O–H groups in total. The lowest BCUT2D eigenvalue weighted by Crippen LogP contribution is -2.33. The second-order valence-electron chi connectivity index (χ2n) is 13.5. The first-order chi connectivity index (χ1) is 23.3. The summed E-state index contributed by atoms with van der Waals surface area (Å²) in [6.45, 7) is 6.47. The summed E-state index contributed by atoms with van der Waals surface area (Å²) >= 11 is 0. The monoisotopic (exact) mass is 630 g/mol. The highest BCUT2D eigenvalue weighted by Crippen LogP contribution is 2.52. The van der Waals surface area contributed by atoms with Crippen LogP contribution in [-0.4, -0.2) is 0 Å². The maximum Gasteiger partial charge on any atom is 0.212 e. The Morgan fingerprint density at radius 2 is 0.809 bits per heavy atom. The summed E-state index contributed by atoms with van der Waals surface area (Å²) < 4.78 is 17.6. The van der Waals surface area contributed by atoms with Gasteiger partial charge in [0, 0.05) is 58.4 Å². The van der Waals surface area contributed by atoms with E-state index in [9.17, 15) is 0 Å². The summed E-state index contributed by atoms with van der Waals surface area (Å²) in [4.78, 5) is 0. The molecule has 0 fully saturated rings. The number of fused-ring (bicyclic) bond motifs is 4. The number of aryl methyl sites for hydroxylation is 2. The third kappa shape index (κ3) is 8.15. The quantitative estimate of drug-likeness (QED) is 0.0740. The zero-order chi connectivity index (χ0) is 32.3. The molecule has 246 valence electrons. The molecule has 0 spiro atoms. The summed E-state index contributed by atoms with van der Waals surface area (Å²) in [6.07, 6.45) is 29.2. The van der Waals surface area contributed by atoms with Crippen molar-refractivity contribution in [2.24, 2.45) is 0 Å². The number of para-hydroxylation sites is 2. The van der Waals surface area contributed by atoms with Crippen molar-refractivity contribution in [3.63, 3.8) is 0 Å². The first-order valence-electron chi connectivity index (χ1n) is 18.6. The Morgan fingerprint density at radius 3 is 1.28 bits per heavy atom. The predicted octanol–water partition coefficient (Wildman–Crippen LogP) is 11.4. The van der Waals surface area contributed by atoms with Gasteiger partial charge in [0.25, 0.3) is 0 Å². The van der Waals surface area contributed by atoms with Gasteiger partial charge in [-0.1, -0.05) is 127 Å². The molecule has 2 aliphatic heterocycles. The molecule has 0 saturated carbocycles. The fourth-order valence-corrected chi connectivity index (χ4v) is 7.22. The Labute approximate surface area is 283 Å². The molecule has 0 atom stereocenters. The third-order valence-corrected chi connectivity index (χ3v) is 9.76. The van der Waals surface area contributed by atoms with Gasteiger partial charge in [-0.25, -0.2) is 9.13 Å². The highest BCUT2D eigenvalue weighted by Gasteiger charge is 2.33. The summed E-state index contributed by atoms with van der Waals surface area (Å²) in [5.41, 5.74) is 6.89. The fourth-order valence-electron chi connectivity index (χ4n) is 7.22. The van der Waals surface area contributed by atoms with Crippen molar-refractivity contribution in [2.75, 3.05) is 0 Å². The van der Waals surface area contributed by atoms with Gasteiger partial charge in [-0.05, 0) is 18.6 Å². The minimum Gasteiger partial charge on any atom is -0.450 e. The van der Waals surface area contributed by atoms with Crippen molar-refractivity contribution in [3.8, 4) is 23.0 Å². The van der Waals surface area contributed by atoms with Crippen LogP contribution >= 0.6 is 0 Å². The number of pyridine rings is 2. The van der Waals surface area contributed by atoms with Crippen molar-refractivity contribution in [3.05, 3.63) is 108 Å². The Kier molecular flexibility index (Phi) is 11.8. The van der Waals surface area contributed by atoms with Gasteiger partial charge in [0.1, 0.15) is 24.6 Å².